The van der Waals surface area contributed by atoms with Gasteiger partial charge in [-0.15, -0.1) is 0 Å². The van der Waals surface area contributed by atoms with Gasteiger partial charge in [0, 0.05) is 19.0 Å². The van der Waals surface area contributed by atoms with Crippen LogP contribution in [0, 0.1) is 11.8 Å². The number of nitrogens with zero attached hydrogens (tertiary/aromatic N) is 3. The molecule has 5 heteroatoms. The molecule has 5 nitrogen and oxygen atoms in total. The highest BCUT2D eigenvalue weighted by molar-refractivity contribution is 4.89. The molecule has 0 saturated carbocycles. The quantitative estimate of drug-likeness (QED) is 0.880. The van der Waals surface area contributed by atoms with E-state index in [1.165, 1.54) is 12.8 Å². The summed E-state index contributed by atoms with van der Waals surface area (Å²) < 4.78 is 5.33. The summed E-state index contributed by atoms with van der Waals surface area (Å²) in [6.07, 6.45) is 3.32. The Hall–Kier alpha value is -0.940. The third-order valence-electron chi connectivity index (χ3n) is 3.75. The topological polar surface area (TPSA) is 68.2 Å². The van der Waals surface area contributed by atoms with Crippen LogP contribution in [0.3, 0.4) is 0 Å². The van der Waals surface area contributed by atoms with Gasteiger partial charge in [0.15, 0.2) is 5.82 Å². The second kappa shape index (κ2) is 6.48. The molecule has 2 atom stereocenters. The van der Waals surface area contributed by atoms with E-state index in [2.05, 4.69) is 35.8 Å². The van der Waals surface area contributed by atoms with E-state index in [1.54, 1.807) is 0 Å². The smallest absolute Gasteiger partial charge is 0.240 e. The van der Waals surface area contributed by atoms with Crippen LogP contribution in [0.2, 0.25) is 0 Å². The minimum Gasteiger partial charge on any atom is -0.338 e. The van der Waals surface area contributed by atoms with E-state index < -0.39 is 0 Å². The lowest BCUT2D eigenvalue weighted by Crippen LogP contribution is -2.41. The van der Waals surface area contributed by atoms with Crippen LogP contribution in [0.15, 0.2) is 4.52 Å². The lowest BCUT2D eigenvalue weighted by molar-refractivity contribution is 0.139. The summed E-state index contributed by atoms with van der Waals surface area (Å²) in [4.78, 5) is 6.84. The summed E-state index contributed by atoms with van der Waals surface area (Å²) in [7, 11) is 0. The zero-order valence-electron chi connectivity index (χ0n) is 12.3. The maximum atomic E-state index is 6.00. The molecule has 0 aromatic carbocycles. The molecular formula is C14H26N4O. The Balaban J connectivity index is 1.88. The molecule has 2 heterocycles. The van der Waals surface area contributed by atoms with Crippen LogP contribution in [0.25, 0.3) is 0 Å². The third kappa shape index (κ3) is 4.28. The number of piperidine rings is 1. The van der Waals surface area contributed by atoms with Gasteiger partial charge in [-0.25, -0.2) is 0 Å². The predicted molar refractivity (Wildman–Crippen MR) is 74.5 cm³/mol. The highest BCUT2D eigenvalue weighted by Crippen LogP contribution is 2.20. The number of aromatic nitrogens is 2. The van der Waals surface area contributed by atoms with E-state index in [4.69, 9.17) is 10.3 Å². The van der Waals surface area contributed by atoms with Gasteiger partial charge in [0.1, 0.15) is 0 Å². The standard InChI is InChI=1S/C14H26N4O/c1-10(2)7-13-16-14(19-17-13)9-18-6-4-5-12(8-18)11(3)15/h10-12H,4-9,15H2,1-3H3. The summed E-state index contributed by atoms with van der Waals surface area (Å²) >= 11 is 0. The maximum Gasteiger partial charge on any atom is 0.240 e. The van der Waals surface area contributed by atoms with Crippen LogP contribution in [0.1, 0.15) is 45.3 Å². The molecule has 19 heavy (non-hydrogen) atoms. The molecule has 0 radical (unpaired) electrons. The molecule has 0 aliphatic carbocycles. The van der Waals surface area contributed by atoms with Crippen molar-refractivity contribution < 1.29 is 4.52 Å². The van der Waals surface area contributed by atoms with Crippen LogP contribution in [0.5, 0.6) is 0 Å². The van der Waals surface area contributed by atoms with Gasteiger partial charge in [0.25, 0.3) is 0 Å². The third-order valence-corrected chi connectivity index (χ3v) is 3.75. The van der Waals surface area contributed by atoms with E-state index in [0.717, 1.165) is 37.8 Å². The Labute approximate surface area is 115 Å². The van der Waals surface area contributed by atoms with Gasteiger partial charge in [-0.2, -0.15) is 4.98 Å². The van der Waals surface area contributed by atoms with E-state index >= 15 is 0 Å². The van der Waals surface area contributed by atoms with Crippen LogP contribution in [-0.2, 0) is 13.0 Å². The normalized spacial score (nSPS) is 22.9. The highest BCUT2D eigenvalue weighted by atomic mass is 16.5. The zero-order chi connectivity index (χ0) is 13.8. The Morgan fingerprint density at radius 2 is 2.21 bits per heavy atom. The second-order valence-electron chi connectivity index (χ2n) is 6.20. The summed E-state index contributed by atoms with van der Waals surface area (Å²) in [5.41, 5.74) is 6.00. The van der Waals surface area contributed by atoms with E-state index in [1.807, 2.05) is 0 Å². The second-order valence-corrected chi connectivity index (χ2v) is 6.20. The van der Waals surface area contributed by atoms with E-state index in [0.29, 0.717) is 11.8 Å². The number of hydrogen-bond donors (Lipinski definition) is 1. The van der Waals surface area contributed by atoms with E-state index in [9.17, 15) is 0 Å². The number of rotatable bonds is 5. The molecule has 108 valence electrons. The molecule has 2 rings (SSSR count). The average Bonchev–Trinajstić information content (AvgIpc) is 2.76. The van der Waals surface area contributed by atoms with Crippen molar-refractivity contribution in [2.75, 3.05) is 13.1 Å². The summed E-state index contributed by atoms with van der Waals surface area (Å²) in [5.74, 6) is 2.71. The van der Waals surface area contributed by atoms with Gasteiger partial charge in [0.05, 0.1) is 6.54 Å². The molecule has 1 saturated heterocycles. The van der Waals surface area contributed by atoms with Gasteiger partial charge < -0.3 is 10.3 Å². The van der Waals surface area contributed by atoms with Crippen molar-refractivity contribution in [2.24, 2.45) is 17.6 Å². The summed E-state index contributed by atoms with van der Waals surface area (Å²) in [6.45, 7) is 9.32. The Morgan fingerprint density at radius 1 is 1.42 bits per heavy atom. The molecule has 1 aliphatic heterocycles. The van der Waals surface area contributed by atoms with Crippen molar-refractivity contribution >= 4 is 0 Å². The van der Waals surface area contributed by atoms with Crippen molar-refractivity contribution in [3.8, 4) is 0 Å². The lowest BCUT2D eigenvalue weighted by atomic mass is 9.92. The SMILES string of the molecule is CC(C)Cc1noc(CN2CCCC(C(C)N)C2)n1. The minimum absolute atomic E-state index is 0.266. The molecule has 1 aromatic rings. The fourth-order valence-corrected chi connectivity index (χ4v) is 2.66. The highest BCUT2D eigenvalue weighted by Gasteiger charge is 2.24. The Kier molecular flexibility index (Phi) is 4.93. The fraction of sp³-hybridized carbons (Fsp3) is 0.857. The summed E-state index contributed by atoms with van der Waals surface area (Å²) in [6, 6.07) is 0.266. The number of hydrogen-bond acceptors (Lipinski definition) is 5. The molecular weight excluding hydrogens is 240 g/mol. The Morgan fingerprint density at radius 3 is 2.89 bits per heavy atom. The predicted octanol–water partition coefficient (Wildman–Crippen LogP) is 1.83. The molecule has 1 aromatic heterocycles. The minimum atomic E-state index is 0.266. The van der Waals surface area contributed by atoms with Gasteiger partial charge >= 0.3 is 0 Å². The van der Waals surface area contributed by atoms with Crippen LogP contribution in [-0.4, -0.2) is 34.2 Å². The largest absolute Gasteiger partial charge is 0.338 e. The maximum absolute atomic E-state index is 6.00. The van der Waals surface area contributed by atoms with Crippen LogP contribution in [0.4, 0.5) is 0 Å². The molecule has 2 N–H and O–H groups in total. The first-order chi connectivity index (χ1) is 9.04. The van der Waals surface area contributed by atoms with Crippen molar-refractivity contribution in [2.45, 2.75) is 52.6 Å². The van der Waals surface area contributed by atoms with Gasteiger partial charge in [-0.05, 0) is 38.1 Å². The molecule has 2 unspecified atom stereocenters. The molecule has 0 spiro atoms. The van der Waals surface area contributed by atoms with Crippen molar-refractivity contribution in [3.05, 3.63) is 11.7 Å². The zero-order valence-corrected chi connectivity index (χ0v) is 12.3. The molecule has 0 bridgehead atoms. The molecule has 1 fully saturated rings. The average molecular weight is 266 g/mol. The fourth-order valence-electron chi connectivity index (χ4n) is 2.66. The first kappa shape index (κ1) is 14.5. The van der Waals surface area contributed by atoms with Crippen LogP contribution >= 0.6 is 0 Å². The van der Waals surface area contributed by atoms with E-state index in [-0.39, 0.29) is 6.04 Å². The molecule has 0 amide bonds. The number of likely N-dealkylation sites (tertiary alicyclic amines) is 1. The van der Waals surface area contributed by atoms with Gasteiger partial charge in [-0.1, -0.05) is 19.0 Å². The monoisotopic (exact) mass is 266 g/mol. The van der Waals surface area contributed by atoms with Gasteiger partial charge in [0.2, 0.25) is 5.89 Å². The van der Waals surface area contributed by atoms with Crippen molar-refractivity contribution in [3.63, 3.8) is 0 Å². The Bertz CT molecular complexity index is 389. The van der Waals surface area contributed by atoms with Crippen LogP contribution < -0.4 is 5.73 Å². The van der Waals surface area contributed by atoms with Crippen molar-refractivity contribution in [1.29, 1.82) is 0 Å². The van der Waals surface area contributed by atoms with Crippen molar-refractivity contribution in [1.82, 2.24) is 15.0 Å². The summed E-state index contributed by atoms with van der Waals surface area (Å²) in [5, 5.41) is 4.04. The lowest BCUT2D eigenvalue weighted by Gasteiger charge is -2.33. The molecule has 1 aliphatic rings. The number of nitrogens with two attached hydrogens (primary N) is 1. The van der Waals surface area contributed by atoms with Gasteiger partial charge in [-0.3, -0.25) is 4.90 Å². The first-order valence-corrected chi connectivity index (χ1v) is 7.34. The first-order valence-electron chi connectivity index (χ1n) is 7.34.